The molecule has 20 heavy (non-hydrogen) atoms. The molecule has 1 aliphatic rings. The van der Waals surface area contributed by atoms with Crippen molar-refractivity contribution in [1.29, 1.82) is 0 Å². The minimum absolute atomic E-state index is 0.385. The summed E-state index contributed by atoms with van der Waals surface area (Å²) >= 11 is 9.53. The van der Waals surface area contributed by atoms with Crippen molar-refractivity contribution in [2.24, 2.45) is 0 Å². The zero-order valence-electron chi connectivity index (χ0n) is 11.4. The number of fused-ring (bicyclic) bond motifs is 1. The second kappa shape index (κ2) is 5.79. The van der Waals surface area contributed by atoms with Crippen LogP contribution in [0.15, 0.2) is 46.9 Å². The lowest BCUT2D eigenvalue weighted by Gasteiger charge is -2.31. The summed E-state index contributed by atoms with van der Waals surface area (Å²) in [6.07, 6.45) is 2.39. The molecule has 0 heterocycles. The summed E-state index contributed by atoms with van der Waals surface area (Å²) in [5.74, 6) is 0.654. The Morgan fingerprint density at radius 3 is 2.60 bits per heavy atom. The predicted octanol–water partition coefficient (Wildman–Crippen LogP) is 6.15. The van der Waals surface area contributed by atoms with Gasteiger partial charge >= 0.3 is 0 Å². The van der Waals surface area contributed by atoms with Crippen molar-refractivity contribution in [2.45, 2.75) is 31.7 Å². The Kier molecular flexibility index (Phi) is 4.04. The van der Waals surface area contributed by atoms with Gasteiger partial charge in [-0.1, -0.05) is 42.8 Å². The minimum Gasteiger partial charge on any atom is -0.378 e. The SMILES string of the molecule is CC1CCC(Nc2ccc(Cl)c(Br)c2)c2ccccc21. The molecule has 1 aliphatic carbocycles. The van der Waals surface area contributed by atoms with Gasteiger partial charge in [-0.25, -0.2) is 0 Å². The molecule has 1 nitrogen and oxygen atoms in total. The number of rotatable bonds is 2. The highest BCUT2D eigenvalue weighted by Gasteiger charge is 2.24. The maximum Gasteiger partial charge on any atom is 0.0549 e. The summed E-state index contributed by atoms with van der Waals surface area (Å²) in [6.45, 7) is 2.31. The van der Waals surface area contributed by atoms with E-state index >= 15 is 0 Å². The maximum atomic E-state index is 6.05. The molecule has 3 rings (SSSR count). The van der Waals surface area contributed by atoms with Gasteiger partial charge < -0.3 is 5.32 Å². The summed E-state index contributed by atoms with van der Waals surface area (Å²) in [4.78, 5) is 0. The van der Waals surface area contributed by atoms with Crippen molar-refractivity contribution in [1.82, 2.24) is 0 Å². The predicted molar refractivity (Wildman–Crippen MR) is 89.6 cm³/mol. The van der Waals surface area contributed by atoms with E-state index < -0.39 is 0 Å². The second-order valence-electron chi connectivity index (χ2n) is 5.43. The lowest BCUT2D eigenvalue weighted by Crippen LogP contribution is -2.19. The van der Waals surface area contributed by atoms with E-state index in [1.807, 2.05) is 18.2 Å². The van der Waals surface area contributed by atoms with Crippen LogP contribution in [0.1, 0.15) is 42.9 Å². The number of hydrogen-bond donors (Lipinski definition) is 1. The Labute approximate surface area is 133 Å². The molecule has 0 saturated carbocycles. The van der Waals surface area contributed by atoms with Crippen LogP contribution in [0.25, 0.3) is 0 Å². The smallest absolute Gasteiger partial charge is 0.0549 e. The molecule has 0 amide bonds. The lowest BCUT2D eigenvalue weighted by atomic mass is 9.81. The molecule has 104 valence electrons. The van der Waals surface area contributed by atoms with Crippen LogP contribution >= 0.6 is 27.5 Å². The molecule has 0 radical (unpaired) electrons. The van der Waals surface area contributed by atoms with E-state index in [1.165, 1.54) is 24.0 Å². The van der Waals surface area contributed by atoms with Gasteiger partial charge in [-0.05, 0) is 64.0 Å². The highest BCUT2D eigenvalue weighted by Crippen LogP contribution is 2.39. The summed E-state index contributed by atoms with van der Waals surface area (Å²) in [7, 11) is 0. The molecule has 0 saturated heterocycles. The normalized spacial score (nSPS) is 21.4. The Morgan fingerprint density at radius 2 is 1.85 bits per heavy atom. The molecule has 1 N–H and O–H groups in total. The minimum atomic E-state index is 0.385. The van der Waals surface area contributed by atoms with E-state index in [2.05, 4.69) is 52.4 Å². The molecule has 0 spiro atoms. The largest absolute Gasteiger partial charge is 0.378 e. The maximum absolute atomic E-state index is 6.05. The van der Waals surface area contributed by atoms with Gasteiger partial charge in [0.2, 0.25) is 0 Å². The number of anilines is 1. The Bertz CT molecular complexity index is 626. The Hall–Kier alpha value is -0.990. The molecule has 0 bridgehead atoms. The Morgan fingerprint density at radius 1 is 1.10 bits per heavy atom. The van der Waals surface area contributed by atoms with Crippen LogP contribution in [0.5, 0.6) is 0 Å². The summed E-state index contributed by atoms with van der Waals surface area (Å²) in [6, 6.07) is 15.1. The van der Waals surface area contributed by atoms with E-state index in [-0.39, 0.29) is 0 Å². The first kappa shape index (κ1) is 14.0. The van der Waals surface area contributed by atoms with E-state index in [9.17, 15) is 0 Å². The van der Waals surface area contributed by atoms with Crippen LogP contribution < -0.4 is 5.32 Å². The standard InChI is InChI=1S/C17H17BrClN/c1-11-6-9-17(14-5-3-2-4-13(11)14)20-12-7-8-16(19)15(18)10-12/h2-5,7-8,10-11,17,20H,6,9H2,1H3. The monoisotopic (exact) mass is 349 g/mol. The van der Waals surface area contributed by atoms with Crippen molar-refractivity contribution in [3.8, 4) is 0 Å². The van der Waals surface area contributed by atoms with E-state index in [0.717, 1.165) is 15.2 Å². The van der Waals surface area contributed by atoms with Crippen molar-refractivity contribution in [3.63, 3.8) is 0 Å². The summed E-state index contributed by atoms with van der Waals surface area (Å²) in [5.41, 5.74) is 4.01. The molecule has 0 fully saturated rings. The first-order valence-electron chi connectivity index (χ1n) is 6.95. The second-order valence-corrected chi connectivity index (χ2v) is 6.69. The Balaban J connectivity index is 1.88. The van der Waals surface area contributed by atoms with Crippen LogP contribution in [0.3, 0.4) is 0 Å². The van der Waals surface area contributed by atoms with Crippen molar-refractivity contribution in [2.75, 3.05) is 5.32 Å². The van der Waals surface area contributed by atoms with Crippen LogP contribution in [0.4, 0.5) is 5.69 Å². The van der Waals surface area contributed by atoms with E-state index in [4.69, 9.17) is 11.6 Å². The van der Waals surface area contributed by atoms with E-state index in [1.54, 1.807) is 0 Å². The molecule has 2 unspecified atom stereocenters. The van der Waals surface area contributed by atoms with Gasteiger partial charge in [-0.3, -0.25) is 0 Å². The quantitative estimate of drug-likeness (QED) is 0.684. The van der Waals surface area contributed by atoms with Gasteiger partial charge in [-0.15, -0.1) is 0 Å². The molecule has 0 aliphatic heterocycles. The third-order valence-corrected chi connectivity index (χ3v) is 5.27. The van der Waals surface area contributed by atoms with Crippen LogP contribution in [-0.2, 0) is 0 Å². The van der Waals surface area contributed by atoms with E-state index in [0.29, 0.717) is 12.0 Å². The fraction of sp³-hybridized carbons (Fsp3) is 0.294. The van der Waals surface area contributed by atoms with Crippen molar-refractivity contribution < 1.29 is 0 Å². The van der Waals surface area contributed by atoms with Crippen molar-refractivity contribution >= 4 is 33.2 Å². The molecule has 2 atom stereocenters. The molecular weight excluding hydrogens is 334 g/mol. The average molecular weight is 351 g/mol. The van der Waals surface area contributed by atoms with Gasteiger partial charge in [0.05, 0.1) is 11.1 Å². The van der Waals surface area contributed by atoms with Crippen LogP contribution in [-0.4, -0.2) is 0 Å². The van der Waals surface area contributed by atoms with Crippen molar-refractivity contribution in [3.05, 3.63) is 63.1 Å². The average Bonchev–Trinajstić information content (AvgIpc) is 2.46. The van der Waals surface area contributed by atoms with Gasteiger partial charge in [0.25, 0.3) is 0 Å². The topological polar surface area (TPSA) is 12.0 Å². The molecule has 3 heteroatoms. The number of benzene rings is 2. The fourth-order valence-corrected chi connectivity index (χ4v) is 3.44. The van der Waals surface area contributed by atoms with Gasteiger partial charge in [0, 0.05) is 10.2 Å². The van der Waals surface area contributed by atoms with Crippen LogP contribution in [0.2, 0.25) is 5.02 Å². The molecule has 0 aromatic heterocycles. The molecule has 2 aromatic rings. The summed E-state index contributed by atoms with van der Waals surface area (Å²) < 4.78 is 0.932. The zero-order valence-corrected chi connectivity index (χ0v) is 13.7. The highest BCUT2D eigenvalue weighted by molar-refractivity contribution is 9.10. The number of halogens is 2. The number of nitrogens with one attached hydrogen (secondary N) is 1. The molecular formula is C17H17BrClN. The molecule has 2 aromatic carbocycles. The fourth-order valence-electron chi connectivity index (χ4n) is 2.94. The third kappa shape index (κ3) is 2.72. The number of hydrogen-bond acceptors (Lipinski definition) is 1. The summed E-state index contributed by atoms with van der Waals surface area (Å²) in [5, 5.41) is 4.38. The first-order valence-corrected chi connectivity index (χ1v) is 8.12. The van der Waals surface area contributed by atoms with Gasteiger partial charge in [0.1, 0.15) is 0 Å². The zero-order chi connectivity index (χ0) is 14.1. The lowest BCUT2D eigenvalue weighted by molar-refractivity contribution is 0.534. The third-order valence-electron chi connectivity index (χ3n) is 4.05. The highest BCUT2D eigenvalue weighted by atomic mass is 79.9. The van der Waals surface area contributed by atoms with Crippen LogP contribution in [0, 0.1) is 0 Å². The van der Waals surface area contributed by atoms with Gasteiger partial charge in [-0.2, -0.15) is 0 Å². The van der Waals surface area contributed by atoms with Gasteiger partial charge in [0.15, 0.2) is 0 Å². The first-order chi connectivity index (χ1) is 9.65.